The lowest BCUT2D eigenvalue weighted by atomic mass is 10.2. The first-order valence-electron chi connectivity index (χ1n) is 4.19. The Kier molecular flexibility index (Phi) is 3.68. The highest BCUT2D eigenvalue weighted by molar-refractivity contribution is 5.93. The molecule has 0 spiro atoms. The van der Waals surface area contributed by atoms with Crippen LogP contribution in [0.2, 0.25) is 0 Å². The maximum absolute atomic E-state index is 11.3. The van der Waals surface area contributed by atoms with Gasteiger partial charge in [0.2, 0.25) is 6.41 Å². The van der Waals surface area contributed by atoms with Gasteiger partial charge in [-0.1, -0.05) is 0 Å². The van der Waals surface area contributed by atoms with Crippen LogP contribution in [-0.4, -0.2) is 26.6 Å². The van der Waals surface area contributed by atoms with Crippen LogP contribution in [0.4, 0.5) is 5.69 Å². The number of nitrogens with one attached hydrogen (secondary N) is 1. The van der Waals surface area contributed by atoms with Crippen molar-refractivity contribution in [2.45, 2.75) is 0 Å². The Morgan fingerprint density at radius 3 is 2.67 bits per heavy atom. The van der Waals surface area contributed by atoms with Crippen molar-refractivity contribution in [2.75, 3.05) is 19.5 Å². The van der Waals surface area contributed by atoms with Crippen molar-refractivity contribution in [1.29, 1.82) is 0 Å². The molecule has 1 rings (SSSR count). The van der Waals surface area contributed by atoms with Gasteiger partial charge in [0.05, 0.1) is 14.2 Å². The normalized spacial score (nSPS) is 9.20. The molecule has 1 N–H and O–H groups in total. The number of esters is 1. The average molecular weight is 209 g/mol. The Labute approximate surface area is 87.0 Å². The highest BCUT2D eigenvalue weighted by atomic mass is 16.5. The van der Waals surface area contributed by atoms with Gasteiger partial charge in [-0.25, -0.2) is 4.79 Å². The van der Waals surface area contributed by atoms with Gasteiger partial charge in [-0.3, -0.25) is 4.79 Å². The molecule has 0 saturated heterocycles. The zero-order chi connectivity index (χ0) is 11.3. The van der Waals surface area contributed by atoms with E-state index in [1.165, 1.54) is 20.3 Å². The minimum Gasteiger partial charge on any atom is -0.496 e. The number of benzene rings is 1. The molecule has 5 heteroatoms. The Hall–Kier alpha value is -2.04. The summed E-state index contributed by atoms with van der Waals surface area (Å²) in [6.07, 6.45) is 0.548. The maximum atomic E-state index is 11.3. The summed E-state index contributed by atoms with van der Waals surface area (Å²) < 4.78 is 9.57. The quantitative estimate of drug-likeness (QED) is 0.594. The van der Waals surface area contributed by atoms with E-state index in [1.807, 2.05) is 0 Å². The lowest BCUT2D eigenvalue weighted by molar-refractivity contribution is -0.105. The van der Waals surface area contributed by atoms with Crippen LogP contribution in [0.3, 0.4) is 0 Å². The van der Waals surface area contributed by atoms with Gasteiger partial charge in [0, 0.05) is 11.8 Å². The van der Waals surface area contributed by atoms with Crippen molar-refractivity contribution in [3.63, 3.8) is 0 Å². The predicted molar refractivity (Wildman–Crippen MR) is 54.0 cm³/mol. The molecule has 0 atom stereocenters. The summed E-state index contributed by atoms with van der Waals surface area (Å²) in [6.45, 7) is 0. The lowest BCUT2D eigenvalue weighted by Crippen LogP contribution is -2.05. The fourth-order valence-corrected chi connectivity index (χ4v) is 1.13. The number of rotatable bonds is 4. The summed E-state index contributed by atoms with van der Waals surface area (Å²) in [5, 5.41) is 2.45. The number of carbonyl (C=O) groups excluding carboxylic acids is 2. The summed E-state index contributed by atoms with van der Waals surface area (Å²) >= 11 is 0. The number of hydrogen-bond acceptors (Lipinski definition) is 4. The van der Waals surface area contributed by atoms with Gasteiger partial charge in [0.25, 0.3) is 0 Å². The number of carbonyl (C=O) groups is 2. The van der Waals surface area contributed by atoms with Crippen LogP contribution in [-0.2, 0) is 9.53 Å². The van der Waals surface area contributed by atoms with Crippen LogP contribution in [0.25, 0.3) is 0 Å². The smallest absolute Gasteiger partial charge is 0.341 e. The molecule has 1 aromatic rings. The molecule has 1 aromatic carbocycles. The van der Waals surface area contributed by atoms with Gasteiger partial charge in [-0.15, -0.1) is 0 Å². The number of ether oxygens (including phenoxy) is 2. The highest BCUT2D eigenvalue weighted by Crippen LogP contribution is 2.23. The summed E-state index contributed by atoms with van der Waals surface area (Å²) in [6, 6.07) is 4.65. The fourth-order valence-electron chi connectivity index (χ4n) is 1.13. The molecule has 0 aliphatic carbocycles. The third-order valence-electron chi connectivity index (χ3n) is 1.83. The fraction of sp³-hybridized carbons (Fsp3) is 0.200. The molecule has 0 heterocycles. The number of hydrogen-bond donors (Lipinski definition) is 1. The van der Waals surface area contributed by atoms with Gasteiger partial charge < -0.3 is 14.8 Å². The highest BCUT2D eigenvalue weighted by Gasteiger charge is 2.12. The van der Waals surface area contributed by atoms with E-state index in [0.29, 0.717) is 23.4 Å². The van der Waals surface area contributed by atoms with Gasteiger partial charge in [-0.2, -0.15) is 0 Å². The second-order valence-electron chi connectivity index (χ2n) is 2.67. The minimum absolute atomic E-state index is 0.316. The summed E-state index contributed by atoms with van der Waals surface area (Å²) in [4.78, 5) is 21.5. The molecule has 1 amide bonds. The topological polar surface area (TPSA) is 64.6 Å². The second kappa shape index (κ2) is 4.99. The van der Waals surface area contributed by atoms with E-state index in [1.54, 1.807) is 12.1 Å². The van der Waals surface area contributed by atoms with Crippen molar-refractivity contribution in [3.8, 4) is 5.75 Å². The van der Waals surface area contributed by atoms with E-state index in [-0.39, 0.29) is 0 Å². The molecule has 0 saturated carbocycles. The summed E-state index contributed by atoms with van der Waals surface area (Å²) in [7, 11) is 2.73. The van der Waals surface area contributed by atoms with Crippen molar-refractivity contribution in [1.82, 2.24) is 0 Å². The average Bonchev–Trinajstić information content (AvgIpc) is 2.28. The molecule has 0 aromatic heterocycles. The third kappa shape index (κ3) is 2.46. The van der Waals surface area contributed by atoms with Gasteiger partial charge in [-0.05, 0) is 12.1 Å². The van der Waals surface area contributed by atoms with Crippen molar-refractivity contribution < 1.29 is 19.1 Å². The van der Waals surface area contributed by atoms with E-state index in [9.17, 15) is 9.59 Å². The van der Waals surface area contributed by atoms with Crippen molar-refractivity contribution >= 4 is 18.1 Å². The molecular weight excluding hydrogens is 198 g/mol. The molecule has 0 fully saturated rings. The Bertz CT molecular complexity index is 376. The minimum atomic E-state index is -0.482. The zero-order valence-corrected chi connectivity index (χ0v) is 8.44. The molecule has 5 nitrogen and oxygen atoms in total. The molecule has 0 bridgehead atoms. The monoisotopic (exact) mass is 209 g/mol. The van der Waals surface area contributed by atoms with E-state index >= 15 is 0 Å². The van der Waals surface area contributed by atoms with Crippen LogP contribution in [0.15, 0.2) is 18.2 Å². The molecule has 0 aliphatic rings. The number of methoxy groups -OCH3 is 2. The van der Waals surface area contributed by atoms with Crippen molar-refractivity contribution in [2.24, 2.45) is 0 Å². The van der Waals surface area contributed by atoms with E-state index in [2.05, 4.69) is 10.1 Å². The van der Waals surface area contributed by atoms with Crippen LogP contribution in [0.1, 0.15) is 10.4 Å². The van der Waals surface area contributed by atoms with Gasteiger partial charge in [0.15, 0.2) is 0 Å². The molecule has 0 radical (unpaired) electrons. The van der Waals surface area contributed by atoms with E-state index in [4.69, 9.17) is 4.74 Å². The van der Waals surface area contributed by atoms with Gasteiger partial charge in [0.1, 0.15) is 11.3 Å². The molecule has 0 unspecified atom stereocenters. The largest absolute Gasteiger partial charge is 0.496 e. The van der Waals surface area contributed by atoms with Crippen LogP contribution in [0, 0.1) is 0 Å². The Morgan fingerprint density at radius 1 is 1.40 bits per heavy atom. The first kappa shape index (κ1) is 11.0. The third-order valence-corrected chi connectivity index (χ3v) is 1.83. The number of amides is 1. The van der Waals surface area contributed by atoms with E-state index < -0.39 is 5.97 Å². The standard InChI is InChI=1S/C10H11NO4/c1-14-9-5-7(11-6-12)3-4-8(9)10(13)15-2/h3-6H,1-2H3,(H,11,12). The van der Waals surface area contributed by atoms with Crippen molar-refractivity contribution in [3.05, 3.63) is 23.8 Å². The van der Waals surface area contributed by atoms with E-state index in [0.717, 1.165) is 0 Å². The first-order chi connectivity index (χ1) is 7.22. The Balaban J connectivity index is 3.08. The first-order valence-corrected chi connectivity index (χ1v) is 4.19. The van der Waals surface area contributed by atoms with Gasteiger partial charge >= 0.3 is 5.97 Å². The molecule has 0 aliphatic heterocycles. The zero-order valence-electron chi connectivity index (χ0n) is 8.44. The Morgan fingerprint density at radius 2 is 2.13 bits per heavy atom. The molecule has 80 valence electrons. The molecular formula is C10H11NO4. The summed E-state index contributed by atoms with van der Waals surface area (Å²) in [5.74, 6) is -0.127. The number of anilines is 1. The van der Waals surface area contributed by atoms with Crippen LogP contribution >= 0.6 is 0 Å². The van der Waals surface area contributed by atoms with Crippen LogP contribution < -0.4 is 10.1 Å². The van der Waals surface area contributed by atoms with Crippen LogP contribution in [0.5, 0.6) is 5.75 Å². The SMILES string of the molecule is COC(=O)c1ccc(NC=O)cc1OC. The summed E-state index contributed by atoms with van der Waals surface area (Å²) in [5.41, 5.74) is 0.867. The molecule has 15 heavy (non-hydrogen) atoms. The predicted octanol–water partition coefficient (Wildman–Crippen LogP) is 1.05. The second-order valence-corrected chi connectivity index (χ2v) is 2.67. The lowest BCUT2D eigenvalue weighted by Gasteiger charge is -2.08. The maximum Gasteiger partial charge on any atom is 0.341 e.